The van der Waals surface area contributed by atoms with Crippen molar-refractivity contribution in [1.29, 1.82) is 0 Å². The van der Waals surface area contributed by atoms with Crippen LogP contribution >= 0.6 is 0 Å². The van der Waals surface area contributed by atoms with Gasteiger partial charge in [-0.3, -0.25) is 0 Å². The van der Waals surface area contributed by atoms with Crippen molar-refractivity contribution < 1.29 is 0 Å². The average molecular weight is 268 g/mol. The Morgan fingerprint density at radius 1 is 0.600 bits per heavy atom. The van der Waals surface area contributed by atoms with E-state index in [4.69, 9.17) is 0 Å². The van der Waals surface area contributed by atoms with E-state index in [2.05, 4.69) is 55.4 Å². The van der Waals surface area contributed by atoms with Crippen LogP contribution in [0.25, 0.3) is 0 Å². The minimum Gasteiger partial charge on any atom is -0.0660 e. The standard InChI is InChI=1S/C20H28/c1-11-9-15-17(13(11)3)20(7,8)16-10-12(2)14(4)18(16)19(15,5)6/h9-10H2,1-8H3. The van der Waals surface area contributed by atoms with Gasteiger partial charge in [-0.25, -0.2) is 0 Å². The highest BCUT2D eigenvalue weighted by molar-refractivity contribution is 5.66. The molecule has 3 aliphatic rings. The molecule has 0 N–H and O–H groups in total. The molecule has 0 fully saturated rings. The van der Waals surface area contributed by atoms with Crippen LogP contribution in [-0.4, -0.2) is 0 Å². The molecule has 0 aromatic heterocycles. The lowest BCUT2D eigenvalue weighted by molar-refractivity contribution is 0.432. The first kappa shape index (κ1) is 13.9. The molecule has 3 aliphatic carbocycles. The van der Waals surface area contributed by atoms with E-state index in [1.54, 1.807) is 44.6 Å². The number of rotatable bonds is 0. The Hall–Kier alpha value is -1.04. The molecular weight excluding hydrogens is 240 g/mol. The first-order valence-corrected chi connectivity index (χ1v) is 7.91. The van der Waals surface area contributed by atoms with Crippen LogP contribution in [0.4, 0.5) is 0 Å². The van der Waals surface area contributed by atoms with Crippen molar-refractivity contribution in [3.8, 4) is 0 Å². The van der Waals surface area contributed by atoms with Crippen molar-refractivity contribution in [3.63, 3.8) is 0 Å². The summed E-state index contributed by atoms with van der Waals surface area (Å²) in [5, 5.41) is 0. The van der Waals surface area contributed by atoms with E-state index in [0.29, 0.717) is 0 Å². The summed E-state index contributed by atoms with van der Waals surface area (Å²) in [6, 6.07) is 0. The number of hydrogen-bond acceptors (Lipinski definition) is 0. The molecule has 0 aliphatic heterocycles. The zero-order valence-electron chi connectivity index (χ0n) is 14.4. The minimum atomic E-state index is 0.209. The Morgan fingerprint density at radius 3 is 1.20 bits per heavy atom. The van der Waals surface area contributed by atoms with Crippen LogP contribution in [0.3, 0.4) is 0 Å². The van der Waals surface area contributed by atoms with Gasteiger partial charge in [0.05, 0.1) is 0 Å². The van der Waals surface area contributed by atoms with Gasteiger partial charge in [-0.15, -0.1) is 0 Å². The lowest BCUT2D eigenvalue weighted by atomic mass is 9.59. The first-order valence-electron chi connectivity index (χ1n) is 7.91. The van der Waals surface area contributed by atoms with Gasteiger partial charge >= 0.3 is 0 Å². The second-order valence-electron chi connectivity index (χ2n) is 8.12. The molecule has 108 valence electrons. The summed E-state index contributed by atoms with van der Waals surface area (Å²) in [6.45, 7) is 19.1. The normalized spacial score (nSPS) is 27.6. The van der Waals surface area contributed by atoms with E-state index < -0.39 is 0 Å². The third-order valence-electron chi connectivity index (χ3n) is 6.28. The SMILES string of the molecule is CC1=C(C)C2=C(C1)C(C)(C)C1=C(CC(C)=C1C)C2(C)C. The van der Waals surface area contributed by atoms with E-state index in [1.165, 1.54) is 12.8 Å². The summed E-state index contributed by atoms with van der Waals surface area (Å²) in [6.07, 6.45) is 2.36. The monoisotopic (exact) mass is 268 g/mol. The van der Waals surface area contributed by atoms with E-state index >= 15 is 0 Å². The minimum absolute atomic E-state index is 0.209. The maximum absolute atomic E-state index is 2.45. The molecular formula is C20H28. The fourth-order valence-electron chi connectivity index (χ4n) is 4.91. The number of hydrogen-bond donors (Lipinski definition) is 0. The molecule has 0 aromatic carbocycles. The van der Waals surface area contributed by atoms with Gasteiger partial charge in [-0.2, -0.15) is 0 Å². The summed E-state index contributed by atoms with van der Waals surface area (Å²) >= 11 is 0. The maximum atomic E-state index is 2.45. The van der Waals surface area contributed by atoms with Gasteiger partial charge in [-0.05, 0) is 62.8 Å². The average Bonchev–Trinajstić information content (AvgIpc) is 2.80. The van der Waals surface area contributed by atoms with Gasteiger partial charge in [0.15, 0.2) is 0 Å². The van der Waals surface area contributed by atoms with Crippen LogP contribution in [0.15, 0.2) is 44.6 Å². The van der Waals surface area contributed by atoms with Crippen LogP contribution in [-0.2, 0) is 0 Å². The van der Waals surface area contributed by atoms with E-state index in [-0.39, 0.29) is 10.8 Å². The molecule has 0 heterocycles. The van der Waals surface area contributed by atoms with Gasteiger partial charge in [-0.1, -0.05) is 50.0 Å². The van der Waals surface area contributed by atoms with Crippen LogP contribution in [0, 0.1) is 10.8 Å². The third kappa shape index (κ3) is 1.43. The first-order chi connectivity index (χ1) is 9.10. The molecule has 0 nitrogen and oxygen atoms in total. The highest BCUT2D eigenvalue weighted by Crippen LogP contribution is 2.63. The lowest BCUT2D eigenvalue weighted by Crippen LogP contribution is -2.32. The molecule has 0 saturated carbocycles. The second kappa shape index (κ2) is 3.78. The maximum Gasteiger partial charge on any atom is 0.0117 e. The molecule has 0 unspecified atom stereocenters. The smallest absolute Gasteiger partial charge is 0.0117 e. The molecule has 0 bridgehead atoms. The van der Waals surface area contributed by atoms with E-state index in [9.17, 15) is 0 Å². The van der Waals surface area contributed by atoms with Crippen LogP contribution in [0.5, 0.6) is 0 Å². The van der Waals surface area contributed by atoms with E-state index in [0.717, 1.165) is 0 Å². The predicted octanol–water partition coefficient (Wildman–Crippen LogP) is 6.13. The summed E-state index contributed by atoms with van der Waals surface area (Å²) in [5.41, 5.74) is 13.4. The van der Waals surface area contributed by atoms with Gasteiger partial charge in [0.1, 0.15) is 0 Å². The Bertz CT molecular complexity index is 582. The highest BCUT2D eigenvalue weighted by Gasteiger charge is 2.49. The van der Waals surface area contributed by atoms with Gasteiger partial charge in [0, 0.05) is 10.8 Å². The Balaban J connectivity index is 2.28. The predicted molar refractivity (Wildman–Crippen MR) is 87.6 cm³/mol. The highest BCUT2D eigenvalue weighted by atomic mass is 14.5. The Labute approximate surface area is 124 Å². The topological polar surface area (TPSA) is 0 Å². The summed E-state index contributed by atoms with van der Waals surface area (Å²) in [5.74, 6) is 0. The zero-order valence-corrected chi connectivity index (χ0v) is 14.4. The van der Waals surface area contributed by atoms with Crippen molar-refractivity contribution in [1.82, 2.24) is 0 Å². The fourth-order valence-corrected chi connectivity index (χ4v) is 4.91. The fraction of sp³-hybridized carbons (Fsp3) is 0.600. The zero-order chi connectivity index (χ0) is 15.0. The Kier molecular flexibility index (Phi) is 2.63. The summed E-state index contributed by atoms with van der Waals surface area (Å²) in [4.78, 5) is 0. The van der Waals surface area contributed by atoms with Gasteiger partial charge in [0.25, 0.3) is 0 Å². The molecule has 0 spiro atoms. The summed E-state index contributed by atoms with van der Waals surface area (Å²) in [7, 11) is 0. The largest absolute Gasteiger partial charge is 0.0660 e. The van der Waals surface area contributed by atoms with Crippen LogP contribution in [0.2, 0.25) is 0 Å². The van der Waals surface area contributed by atoms with E-state index in [1.807, 2.05) is 0 Å². The molecule has 0 aromatic rings. The van der Waals surface area contributed by atoms with Crippen LogP contribution < -0.4 is 0 Å². The lowest BCUT2D eigenvalue weighted by Gasteiger charge is -2.44. The molecule has 0 radical (unpaired) electrons. The molecule has 20 heavy (non-hydrogen) atoms. The quantitative estimate of drug-likeness (QED) is 0.496. The third-order valence-corrected chi connectivity index (χ3v) is 6.28. The van der Waals surface area contributed by atoms with Crippen molar-refractivity contribution in [2.24, 2.45) is 10.8 Å². The summed E-state index contributed by atoms with van der Waals surface area (Å²) < 4.78 is 0. The second-order valence-corrected chi connectivity index (χ2v) is 8.12. The van der Waals surface area contributed by atoms with Gasteiger partial charge in [0.2, 0.25) is 0 Å². The molecule has 0 heteroatoms. The van der Waals surface area contributed by atoms with Crippen molar-refractivity contribution >= 4 is 0 Å². The van der Waals surface area contributed by atoms with Gasteiger partial charge < -0.3 is 0 Å². The molecule has 3 rings (SSSR count). The number of allylic oxidation sites excluding steroid dienone is 8. The van der Waals surface area contributed by atoms with Crippen molar-refractivity contribution in [3.05, 3.63) is 44.6 Å². The molecule has 0 amide bonds. The molecule has 0 atom stereocenters. The van der Waals surface area contributed by atoms with Crippen LogP contribution in [0.1, 0.15) is 68.2 Å². The van der Waals surface area contributed by atoms with Crippen molar-refractivity contribution in [2.75, 3.05) is 0 Å². The van der Waals surface area contributed by atoms with Crippen molar-refractivity contribution in [2.45, 2.75) is 68.2 Å². The molecule has 0 saturated heterocycles. The Morgan fingerprint density at radius 2 is 0.900 bits per heavy atom.